The Morgan fingerprint density at radius 2 is 1.70 bits per heavy atom. The van der Waals surface area contributed by atoms with Crippen molar-refractivity contribution in [1.82, 2.24) is 9.55 Å². The lowest BCUT2D eigenvalue weighted by Gasteiger charge is -2.40. The highest BCUT2D eigenvalue weighted by atomic mass is 16.6. The van der Waals surface area contributed by atoms with Crippen molar-refractivity contribution < 1.29 is 25.2 Å². The van der Waals surface area contributed by atoms with Gasteiger partial charge in [0.25, 0.3) is 5.56 Å². The van der Waals surface area contributed by atoms with Gasteiger partial charge in [0.2, 0.25) is 0 Å². The number of rotatable bonds is 5. The molecule has 1 aromatic heterocycles. The molecule has 5 atom stereocenters. The number of hydrogen-bond donors (Lipinski definition) is 5. The second kappa shape index (κ2) is 8.15. The molecule has 0 aliphatic carbocycles. The number of aryl methyl sites for hydroxylation is 2. The molecule has 0 spiro atoms. The summed E-state index contributed by atoms with van der Waals surface area (Å²) in [6.07, 6.45) is -5.09. The number of nitrogens with one attached hydrogen (secondary N) is 1. The Kier molecular flexibility index (Phi) is 5.88. The van der Waals surface area contributed by atoms with E-state index in [2.05, 4.69) is 4.98 Å². The van der Waals surface area contributed by atoms with Crippen LogP contribution in [0.5, 0.6) is 0 Å². The zero-order valence-corrected chi connectivity index (χ0v) is 14.4. The van der Waals surface area contributed by atoms with Crippen LogP contribution in [0.15, 0.2) is 46.1 Å². The molecule has 2 aromatic rings. The summed E-state index contributed by atoms with van der Waals surface area (Å²) in [7, 11) is 0. The van der Waals surface area contributed by atoms with Crippen molar-refractivity contribution in [1.29, 1.82) is 0 Å². The summed E-state index contributed by atoms with van der Waals surface area (Å²) >= 11 is 0. The predicted molar refractivity (Wildman–Crippen MR) is 94.2 cm³/mol. The van der Waals surface area contributed by atoms with Gasteiger partial charge in [-0.3, -0.25) is 14.3 Å². The van der Waals surface area contributed by atoms with Crippen molar-refractivity contribution in [2.45, 2.75) is 43.5 Å². The molecular weight excluding hydrogens is 356 g/mol. The first-order valence-corrected chi connectivity index (χ1v) is 8.61. The molecule has 9 nitrogen and oxygen atoms in total. The monoisotopic (exact) mass is 378 g/mol. The summed E-state index contributed by atoms with van der Waals surface area (Å²) in [6.45, 7) is -0.611. The van der Waals surface area contributed by atoms with Gasteiger partial charge in [-0.1, -0.05) is 30.3 Å². The Morgan fingerprint density at radius 1 is 1.00 bits per heavy atom. The third-order valence-corrected chi connectivity index (χ3v) is 4.71. The zero-order chi connectivity index (χ0) is 19.6. The topological polar surface area (TPSA) is 145 Å². The summed E-state index contributed by atoms with van der Waals surface area (Å²) in [5.74, 6) is 0. The van der Waals surface area contributed by atoms with Crippen molar-refractivity contribution in [3.8, 4) is 0 Å². The molecule has 1 saturated heterocycles. The summed E-state index contributed by atoms with van der Waals surface area (Å²) in [4.78, 5) is 26.5. The lowest BCUT2D eigenvalue weighted by atomic mass is 9.98. The first kappa shape index (κ1) is 19.5. The molecule has 5 N–H and O–H groups in total. The number of aromatic amines is 1. The van der Waals surface area contributed by atoms with Crippen LogP contribution in [0.2, 0.25) is 0 Å². The highest BCUT2D eigenvalue weighted by Crippen LogP contribution is 2.27. The highest BCUT2D eigenvalue weighted by molar-refractivity contribution is 5.17. The number of nitrogens with zero attached hydrogens (tertiary/aromatic N) is 1. The molecule has 27 heavy (non-hydrogen) atoms. The Labute approximate surface area is 154 Å². The maximum Gasteiger partial charge on any atom is 0.330 e. The van der Waals surface area contributed by atoms with Crippen LogP contribution >= 0.6 is 0 Å². The van der Waals surface area contributed by atoms with E-state index in [9.17, 15) is 30.0 Å². The lowest BCUT2D eigenvalue weighted by Crippen LogP contribution is -2.58. The Bertz CT molecular complexity index is 877. The fourth-order valence-electron chi connectivity index (χ4n) is 3.13. The first-order valence-electron chi connectivity index (χ1n) is 8.61. The molecular formula is C18H22N2O7. The number of aliphatic hydroxyl groups excluding tert-OH is 4. The molecule has 0 unspecified atom stereocenters. The molecule has 9 heteroatoms. The second-order valence-electron chi connectivity index (χ2n) is 6.53. The smallest absolute Gasteiger partial charge is 0.330 e. The van der Waals surface area contributed by atoms with Gasteiger partial charge in [0.05, 0.1) is 6.61 Å². The number of benzene rings is 1. The van der Waals surface area contributed by atoms with Crippen LogP contribution in [-0.2, 0) is 17.6 Å². The maximum atomic E-state index is 12.2. The minimum absolute atomic E-state index is 0.301. The number of ether oxygens (including phenoxy) is 1. The van der Waals surface area contributed by atoms with Crippen LogP contribution in [-0.4, -0.2) is 61.0 Å². The average Bonchev–Trinajstić information content (AvgIpc) is 2.67. The van der Waals surface area contributed by atoms with Crippen molar-refractivity contribution in [3.05, 3.63) is 68.5 Å². The molecule has 0 radical (unpaired) electrons. The van der Waals surface area contributed by atoms with Crippen molar-refractivity contribution in [2.75, 3.05) is 6.61 Å². The van der Waals surface area contributed by atoms with Crippen LogP contribution < -0.4 is 11.2 Å². The molecule has 146 valence electrons. The number of hydrogen-bond acceptors (Lipinski definition) is 7. The normalized spacial score (nSPS) is 28.2. The molecule has 1 fully saturated rings. The van der Waals surface area contributed by atoms with E-state index in [-0.39, 0.29) is 0 Å². The minimum Gasteiger partial charge on any atom is -0.394 e. The fraction of sp³-hybridized carbons (Fsp3) is 0.444. The SMILES string of the molecule is O=c1[nH]c(=O)n([C@@H]2O[C@H](CO)[C@@H](O)[C@H](O)[C@H]2O)cc1CCc1ccccc1. The Hall–Kier alpha value is -2.30. The van der Waals surface area contributed by atoms with E-state index in [4.69, 9.17) is 4.74 Å². The van der Waals surface area contributed by atoms with E-state index in [0.717, 1.165) is 10.1 Å². The standard InChI is InChI=1S/C18H22N2O7/c21-9-12-13(22)14(23)15(24)17(27-12)20-8-11(16(25)19-18(20)26)7-6-10-4-2-1-3-5-10/h1-5,8,12-15,17,21-24H,6-7,9H2,(H,19,25,26)/t12-,13-,14+,15-,17-/m1/s1. The maximum absolute atomic E-state index is 12.2. The van der Waals surface area contributed by atoms with Crippen LogP contribution in [0, 0.1) is 0 Å². The third kappa shape index (κ3) is 4.02. The molecule has 0 saturated carbocycles. The van der Waals surface area contributed by atoms with Crippen molar-refractivity contribution in [3.63, 3.8) is 0 Å². The largest absolute Gasteiger partial charge is 0.394 e. The van der Waals surface area contributed by atoms with Gasteiger partial charge in [-0.15, -0.1) is 0 Å². The van der Waals surface area contributed by atoms with Crippen LogP contribution in [0.4, 0.5) is 0 Å². The van der Waals surface area contributed by atoms with E-state index in [0.29, 0.717) is 18.4 Å². The van der Waals surface area contributed by atoms with Gasteiger partial charge in [-0.25, -0.2) is 4.79 Å². The van der Waals surface area contributed by atoms with Gasteiger partial charge >= 0.3 is 5.69 Å². The molecule has 0 amide bonds. The van der Waals surface area contributed by atoms with Crippen LogP contribution in [0.25, 0.3) is 0 Å². The molecule has 0 bridgehead atoms. The van der Waals surface area contributed by atoms with Gasteiger partial charge in [0, 0.05) is 11.8 Å². The molecule has 1 aliphatic rings. The van der Waals surface area contributed by atoms with Gasteiger partial charge in [-0.05, 0) is 18.4 Å². The molecule has 1 aromatic carbocycles. The highest BCUT2D eigenvalue weighted by Gasteiger charge is 2.44. The summed E-state index contributed by atoms with van der Waals surface area (Å²) in [5, 5.41) is 39.3. The summed E-state index contributed by atoms with van der Waals surface area (Å²) in [6, 6.07) is 9.49. The van der Waals surface area contributed by atoms with Crippen molar-refractivity contribution >= 4 is 0 Å². The van der Waals surface area contributed by atoms with Gasteiger partial charge < -0.3 is 25.2 Å². The van der Waals surface area contributed by atoms with E-state index in [1.807, 2.05) is 30.3 Å². The van der Waals surface area contributed by atoms with E-state index >= 15 is 0 Å². The molecule has 2 heterocycles. The van der Waals surface area contributed by atoms with Crippen LogP contribution in [0.1, 0.15) is 17.4 Å². The van der Waals surface area contributed by atoms with Gasteiger partial charge in [0.15, 0.2) is 6.23 Å². The van der Waals surface area contributed by atoms with Gasteiger partial charge in [0.1, 0.15) is 24.4 Å². The fourth-order valence-corrected chi connectivity index (χ4v) is 3.13. The second-order valence-corrected chi connectivity index (χ2v) is 6.53. The van der Waals surface area contributed by atoms with Crippen molar-refractivity contribution in [2.24, 2.45) is 0 Å². The summed E-state index contributed by atoms with van der Waals surface area (Å²) in [5.41, 5.74) is -0.0533. The average molecular weight is 378 g/mol. The van der Waals surface area contributed by atoms with E-state index in [1.165, 1.54) is 6.20 Å². The zero-order valence-electron chi connectivity index (χ0n) is 14.4. The molecule has 3 rings (SSSR count). The number of aliphatic hydroxyl groups is 4. The first-order chi connectivity index (χ1) is 12.9. The van der Waals surface area contributed by atoms with E-state index in [1.54, 1.807) is 0 Å². The van der Waals surface area contributed by atoms with Crippen LogP contribution in [0.3, 0.4) is 0 Å². The number of H-pyrrole nitrogens is 1. The predicted octanol–water partition coefficient (Wildman–Crippen LogP) is -1.71. The van der Waals surface area contributed by atoms with Gasteiger partial charge in [-0.2, -0.15) is 0 Å². The number of aromatic nitrogens is 2. The summed E-state index contributed by atoms with van der Waals surface area (Å²) < 4.78 is 6.35. The quantitative estimate of drug-likeness (QED) is 0.417. The molecule has 1 aliphatic heterocycles. The van der Waals surface area contributed by atoms with E-state index < -0.39 is 48.5 Å². The Morgan fingerprint density at radius 3 is 2.37 bits per heavy atom. The minimum atomic E-state index is -1.62. The third-order valence-electron chi connectivity index (χ3n) is 4.71. The lowest BCUT2D eigenvalue weighted by molar-refractivity contribution is -0.252. The Balaban J connectivity index is 1.89.